The van der Waals surface area contributed by atoms with Gasteiger partial charge in [-0.15, -0.1) is 0 Å². The summed E-state index contributed by atoms with van der Waals surface area (Å²) in [5.74, 6) is 0. The summed E-state index contributed by atoms with van der Waals surface area (Å²) in [6, 6.07) is 10.5. The van der Waals surface area contributed by atoms with Gasteiger partial charge in [0.15, 0.2) is 0 Å². The Bertz CT molecular complexity index is 1790. The van der Waals surface area contributed by atoms with Crippen LogP contribution in [0.2, 0.25) is 0 Å². The fourth-order valence-corrected chi connectivity index (χ4v) is 4.88. The van der Waals surface area contributed by atoms with E-state index in [9.17, 15) is 0 Å². The summed E-state index contributed by atoms with van der Waals surface area (Å²) >= 11 is 0. The highest BCUT2D eigenvalue weighted by atomic mass is 15.1. The molecule has 5 aromatic heterocycles. The highest BCUT2D eigenvalue weighted by molar-refractivity contribution is 5.99. The van der Waals surface area contributed by atoms with Gasteiger partial charge in [0.25, 0.3) is 0 Å². The van der Waals surface area contributed by atoms with E-state index in [1.54, 1.807) is 0 Å². The lowest BCUT2D eigenvalue weighted by molar-refractivity contribution is 0.411. The lowest BCUT2D eigenvalue weighted by atomic mass is 9.91. The highest BCUT2D eigenvalue weighted by Crippen LogP contribution is 2.34. The molecular formula is C30H30N8. The number of aryl methyl sites for hydroxylation is 1. The van der Waals surface area contributed by atoms with Gasteiger partial charge in [0.2, 0.25) is 0 Å². The van der Waals surface area contributed by atoms with Crippen LogP contribution in [0.25, 0.3) is 50.0 Å². The van der Waals surface area contributed by atoms with Crippen LogP contribution in [0.1, 0.15) is 32.9 Å². The summed E-state index contributed by atoms with van der Waals surface area (Å²) < 4.78 is 1.99. The summed E-state index contributed by atoms with van der Waals surface area (Å²) in [6.45, 7) is 12.8. The lowest BCUT2D eigenvalue weighted by Crippen LogP contribution is -2.10. The van der Waals surface area contributed by atoms with Gasteiger partial charge >= 0.3 is 0 Å². The minimum Gasteiger partial charge on any atom is -0.358 e. The first-order chi connectivity index (χ1) is 18.2. The fourth-order valence-electron chi connectivity index (χ4n) is 4.88. The Morgan fingerprint density at radius 3 is 2.61 bits per heavy atom. The molecule has 0 spiro atoms. The third-order valence-electron chi connectivity index (χ3n) is 6.47. The number of benzene rings is 1. The largest absolute Gasteiger partial charge is 0.358 e. The third-order valence-corrected chi connectivity index (χ3v) is 6.47. The van der Waals surface area contributed by atoms with Gasteiger partial charge in [-0.1, -0.05) is 33.4 Å². The van der Waals surface area contributed by atoms with E-state index in [4.69, 9.17) is 0 Å². The quantitative estimate of drug-likeness (QED) is 0.227. The molecule has 1 aromatic carbocycles. The van der Waals surface area contributed by atoms with Crippen molar-refractivity contribution in [1.29, 1.82) is 0 Å². The molecule has 8 nitrogen and oxygen atoms in total. The number of imidazole rings is 1. The molecule has 6 rings (SSSR count). The summed E-state index contributed by atoms with van der Waals surface area (Å²) in [4.78, 5) is 16.8. The molecule has 0 saturated heterocycles. The molecule has 0 aliphatic rings. The maximum Gasteiger partial charge on any atom is 0.116 e. The van der Waals surface area contributed by atoms with Crippen molar-refractivity contribution in [2.75, 3.05) is 5.32 Å². The van der Waals surface area contributed by atoms with Gasteiger partial charge in [-0.05, 0) is 48.6 Å². The first kappa shape index (κ1) is 23.7. The average molecular weight is 503 g/mol. The Morgan fingerprint density at radius 1 is 0.974 bits per heavy atom. The Labute approximate surface area is 220 Å². The Kier molecular flexibility index (Phi) is 5.60. The minimum absolute atomic E-state index is 0.162. The molecule has 5 heterocycles. The van der Waals surface area contributed by atoms with Crippen LogP contribution in [0, 0.1) is 12.3 Å². The van der Waals surface area contributed by atoms with E-state index in [0.717, 1.165) is 73.5 Å². The molecule has 0 aliphatic carbocycles. The topological polar surface area (TPSA) is 100 Å². The van der Waals surface area contributed by atoms with Gasteiger partial charge in [0.1, 0.15) is 5.69 Å². The molecular weight excluding hydrogens is 472 g/mol. The highest BCUT2D eigenvalue weighted by Gasteiger charge is 2.16. The van der Waals surface area contributed by atoms with E-state index in [1.807, 2.05) is 48.8 Å². The molecule has 8 heteroatoms. The van der Waals surface area contributed by atoms with Gasteiger partial charge in [-0.2, -0.15) is 5.10 Å². The van der Waals surface area contributed by atoms with E-state index >= 15 is 0 Å². The maximum atomic E-state index is 4.66. The number of fused-ring (bicyclic) bond motifs is 2. The molecule has 0 saturated carbocycles. The third kappa shape index (κ3) is 4.56. The molecule has 6 aromatic rings. The Hall–Kier alpha value is -4.72. The van der Waals surface area contributed by atoms with E-state index in [0.29, 0.717) is 0 Å². The molecule has 0 radical (unpaired) electrons. The standard InChI is InChI=1S/C30H30N8/c1-18(11-30(3,4)5)34-22-8-21(12-31-13-22)20-6-7-25-24(9-20)29(37-36-25)26-10-23-27(35-26)14-32-15-28(23)38-16-19(2)33-17-38/h6-10,12-17,34-35H,1,11H2,2-5H3,(H,36,37). The van der Waals surface area contributed by atoms with Crippen LogP contribution < -0.4 is 5.32 Å². The number of nitrogens with zero attached hydrogens (tertiary/aromatic N) is 5. The van der Waals surface area contributed by atoms with Crippen molar-refractivity contribution in [3.63, 3.8) is 0 Å². The normalized spacial score (nSPS) is 11.9. The van der Waals surface area contributed by atoms with Crippen LogP contribution in [0.3, 0.4) is 0 Å². The number of aromatic nitrogens is 7. The molecule has 0 fully saturated rings. The second-order valence-electron chi connectivity index (χ2n) is 11.0. The molecule has 0 bridgehead atoms. The average Bonchev–Trinajstić information content (AvgIpc) is 3.60. The maximum absolute atomic E-state index is 4.66. The molecule has 0 aliphatic heterocycles. The number of anilines is 1. The van der Waals surface area contributed by atoms with Crippen molar-refractivity contribution in [2.24, 2.45) is 5.41 Å². The summed E-state index contributed by atoms with van der Waals surface area (Å²) in [6.07, 6.45) is 12.1. The zero-order valence-electron chi connectivity index (χ0n) is 22.0. The van der Waals surface area contributed by atoms with Gasteiger partial charge in [-0.3, -0.25) is 15.1 Å². The first-order valence-corrected chi connectivity index (χ1v) is 12.6. The molecule has 190 valence electrons. The van der Waals surface area contributed by atoms with Gasteiger partial charge < -0.3 is 14.9 Å². The second kappa shape index (κ2) is 8.99. The van der Waals surface area contributed by atoms with E-state index < -0.39 is 0 Å². The smallest absolute Gasteiger partial charge is 0.116 e. The molecule has 3 N–H and O–H groups in total. The van der Waals surface area contributed by atoms with Crippen molar-refractivity contribution in [3.8, 4) is 28.2 Å². The van der Waals surface area contributed by atoms with Gasteiger partial charge in [0, 0.05) is 34.4 Å². The number of hydrogen-bond acceptors (Lipinski definition) is 5. The zero-order valence-corrected chi connectivity index (χ0v) is 22.0. The van der Waals surface area contributed by atoms with Crippen LogP contribution in [0.5, 0.6) is 0 Å². The molecule has 0 amide bonds. The van der Waals surface area contributed by atoms with Crippen molar-refractivity contribution >= 4 is 27.5 Å². The minimum atomic E-state index is 0.162. The predicted octanol–water partition coefficient (Wildman–Crippen LogP) is 7.02. The van der Waals surface area contributed by atoms with Gasteiger partial charge in [0.05, 0.1) is 58.7 Å². The zero-order chi connectivity index (χ0) is 26.4. The summed E-state index contributed by atoms with van der Waals surface area (Å²) in [5.41, 5.74) is 9.74. The number of nitrogens with one attached hydrogen (secondary N) is 3. The summed E-state index contributed by atoms with van der Waals surface area (Å²) in [5, 5.41) is 13.3. The number of H-pyrrole nitrogens is 2. The number of pyridine rings is 2. The van der Waals surface area contributed by atoms with Crippen LogP contribution in [0.4, 0.5) is 5.69 Å². The SMILES string of the molecule is C=C(CC(C)(C)C)Nc1cncc(-c2ccc3[nH]nc(-c4cc5c(-n6cnc(C)c6)cncc5[nH]4)c3c2)c1. The second-order valence-corrected chi connectivity index (χ2v) is 11.0. The van der Waals surface area contributed by atoms with Crippen molar-refractivity contribution in [3.05, 3.63) is 85.6 Å². The Morgan fingerprint density at radius 2 is 1.82 bits per heavy atom. The predicted molar refractivity (Wildman–Crippen MR) is 153 cm³/mol. The van der Waals surface area contributed by atoms with Crippen molar-refractivity contribution < 1.29 is 0 Å². The van der Waals surface area contributed by atoms with Crippen LogP contribution in [-0.4, -0.2) is 34.7 Å². The van der Waals surface area contributed by atoms with Crippen molar-refractivity contribution in [2.45, 2.75) is 34.1 Å². The van der Waals surface area contributed by atoms with Gasteiger partial charge in [-0.25, -0.2) is 4.98 Å². The first-order valence-electron chi connectivity index (χ1n) is 12.6. The number of allylic oxidation sites excluding steroid dienone is 1. The number of hydrogen-bond donors (Lipinski definition) is 3. The summed E-state index contributed by atoms with van der Waals surface area (Å²) in [7, 11) is 0. The van der Waals surface area contributed by atoms with Crippen LogP contribution in [-0.2, 0) is 0 Å². The van der Waals surface area contributed by atoms with E-state index in [1.165, 1.54) is 0 Å². The Balaban J connectivity index is 1.36. The fraction of sp³-hybridized carbons (Fsp3) is 0.200. The monoisotopic (exact) mass is 502 g/mol. The number of aromatic amines is 2. The van der Waals surface area contributed by atoms with Crippen LogP contribution >= 0.6 is 0 Å². The van der Waals surface area contributed by atoms with E-state index in [2.05, 4.69) is 93.1 Å². The number of rotatable bonds is 6. The van der Waals surface area contributed by atoms with Crippen molar-refractivity contribution in [1.82, 2.24) is 34.7 Å². The van der Waals surface area contributed by atoms with E-state index in [-0.39, 0.29) is 5.41 Å². The molecule has 0 unspecified atom stereocenters. The van der Waals surface area contributed by atoms with Crippen LogP contribution in [0.15, 0.2) is 79.9 Å². The molecule has 38 heavy (non-hydrogen) atoms. The molecule has 0 atom stereocenters. The lowest BCUT2D eigenvalue weighted by Gasteiger charge is -2.20.